The van der Waals surface area contributed by atoms with Gasteiger partial charge >= 0.3 is 0 Å². The second-order valence-corrected chi connectivity index (χ2v) is 6.64. The lowest BCUT2D eigenvalue weighted by molar-refractivity contribution is -0.122. The van der Waals surface area contributed by atoms with E-state index in [1.54, 1.807) is 0 Å². The molecule has 5 heteroatoms. The monoisotopic (exact) mass is 359 g/mol. The van der Waals surface area contributed by atoms with Crippen LogP contribution in [-0.2, 0) is 17.9 Å². The second kappa shape index (κ2) is 9.44. The Morgan fingerprint density at radius 3 is 2.36 bits per heavy atom. The SMILES string of the molecule is CCN(CC(=O)NCc1ccccc1Cl)Cc1ccc(N(C)C)cc1. The first-order valence-corrected chi connectivity index (χ1v) is 8.86. The van der Waals surface area contributed by atoms with Crippen molar-refractivity contribution < 1.29 is 4.79 Å². The van der Waals surface area contributed by atoms with Crippen LogP contribution >= 0.6 is 11.6 Å². The molecule has 0 unspecified atom stereocenters. The van der Waals surface area contributed by atoms with Crippen LogP contribution in [0, 0.1) is 0 Å². The van der Waals surface area contributed by atoms with E-state index in [2.05, 4.69) is 46.3 Å². The number of amides is 1. The van der Waals surface area contributed by atoms with Gasteiger partial charge in [0.05, 0.1) is 6.54 Å². The molecule has 2 aromatic carbocycles. The van der Waals surface area contributed by atoms with Crippen LogP contribution in [0.4, 0.5) is 5.69 Å². The summed E-state index contributed by atoms with van der Waals surface area (Å²) in [5.41, 5.74) is 3.30. The lowest BCUT2D eigenvalue weighted by Gasteiger charge is -2.21. The first-order valence-electron chi connectivity index (χ1n) is 8.48. The predicted molar refractivity (Wildman–Crippen MR) is 105 cm³/mol. The Morgan fingerprint density at radius 1 is 1.08 bits per heavy atom. The minimum Gasteiger partial charge on any atom is -0.378 e. The highest BCUT2D eigenvalue weighted by atomic mass is 35.5. The minimum absolute atomic E-state index is 0.00619. The topological polar surface area (TPSA) is 35.6 Å². The quantitative estimate of drug-likeness (QED) is 0.783. The molecule has 0 fully saturated rings. The maximum absolute atomic E-state index is 12.2. The van der Waals surface area contributed by atoms with Gasteiger partial charge < -0.3 is 10.2 Å². The molecule has 0 saturated carbocycles. The molecule has 0 spiro atoms. The number of carbonyl (C=O) groups is 1. The third-order valence-corrected chi connectivity index (χ3v) is 4.48. The van der Waals surface area contributed by atoms with Gasteiger partial charge in [0.25, 0.3) is 0 Å². The van der Waals surface area contributed by atoms with E-state index in [-0.39, 0.29) is 5.91 Å². The lowest BCUT2D eigenvalue weighted by Crippen LogP contribution is -2.36. The average molecular weight is 360 g/mol. The maximum atomic E-state index is 12.2. The van der Waals surface area contributed by atoms with Crippen LogP contribution in [-0.4, -0.2) is 38.0 Å². The van der Waals surface area contributed by atoms with Crippen LogP contribution in [0.5, 0.6) is 0 Å². The van der Waals surface area contributed by atoms with E-state index in [1.807, 2.05) is 38.4 Å². The second-order valence-electron chi connectivity index (χ2n) is 6.23. The van der Waals surface area contributed by atoms with Crippen molar-refractivity contribution in [3.63, 3.8) is 0 Å². The largest absolute Gasteiger partial charge is 0.378 e. The summed E-state index contributed by atoms with van der Waals surface area (Å²) in [7, 11) is 4.05. The molecule has 4 nitrogen and oxygen atoms in total. The highest BCUT2D eigenvalue weighted by molar-refractivity contribution is 6.31. The van der Waals surface area contributed by atoms with Crippen molar-refractivity contribution in [1.82, 2.24) is 10.2 Å². The van der Waals surface area contributed by atoms with Gasteiger partial charge in [0.1, 0.15) is 0 Å². The Morgan fingerprint density at radius 2 is 1.76 bits per heavy atom. The molecule has 0 saturated heterocycles. The number of nitrogens with one attached hydrogen (secondary N) is 1. The molecule has 0 radical (unpaired) electrons. The molecule has 0 heterocycles. The number of hydrogen-bond donors (Lipinski definition) is 1. The Kier molecular flexibility index (Phi) is 7.29. The average Bonchev–Trinajstić information content (AvgIpc) is 2.61. The highest BCUT2D eigenvalue weighted by Crippen LogP contribution is 2.15. The summed E-state index contributed by atoms with van der Waals surface area (Å²) in [5, 5.41) is 3.62. The van der Waals surface area contributed by atoms with E-state index in [4.69, 9.17) is 11.6 Å². The molecule has 0 aliphatic carbocycles. The molecule has 2 aromatic rings. The molecule has 1 amide bonds. The Bertz CT molecular complexity index is 686. The third kappa shape index (κ3) is 6.07. The van der Waals surface area contributed by atoms with Gasteiger partial charge in [-0.25, -0.2) is 0 Å². The van der Waals surface area contributed by atoms with Gasteiger partial charge in [-0.2, -0.15) is 0 Å². The van der Waals surface area contributed by atoms with E-state index in [1.165, 1.54) is 11.3 Å². The van der Waals surface area contributed by atoms with E-state index >= 15 is 0 Å². The zero-order valence-corrected chi connectivity index (χ0v) is 15.9. The fourth-order valence-corrected chi connectivity index (χ4v) is 2.73. The predicted octanol–water partition coefficient (Wildman–Crippen LogP) is 3.54. The molecule has 1 N–H and O–H groups in total. The maximum Gasteiger partial charge on any atom is 0.234 e. The van der Waals surface area contributed by atoms with Crippen molar-refractivity contribution in [2.45, 2.75) is 20.0 Å². The van der Waals surface area contributed by atoms with Crippen molar-refractivity contribution in [2.75, 3.05) is 32.1 Å². The molecule has 2 rings (SSSR count). The Labute approximate surface area is 155 Å². The first-order chi connectivity index (χ1) is 12.0. The number of rotatable bonds is 8. The highest BCUT2D eigenvalue weighted by Gasteiger charge is 2.10. The van der Waals surface area contributed by atoms with Crippen LogP contribution in [0.1, 0.15) is 18.1 Å². The van der Waals surface area contributed by atoms with Crippen LogP contribution in [0.2, 0.25) is 5.02 Å². The normalized spacial score (nSPS) is 10.8. The number of nitrogens with zero attached hydrogens (tertiary/aromatic N) is 2. The van der Waals surface area contributed by atoms with E-state index in [0.29, 0.717) is 18.1 Å². The Balaban J connectivity index is 1.86. The standard InChI is InChI=1S/C20H26ClN3O/c1-4-24(14-16-9-11-18(12-10-16)23(2)3)15-20(25)22-13-17-7-5-6-8-19(17)21/h5-12H,4,13-15H2,1-3H3,(H,22,25). The van der Waals surface area contributed by atoms with Gasteiger partial charge in [0.2, 0.25) is 5.91 Å². The number of likely N-dealkylation sites (N-methyl/N-ethyl adjacent to an activating group) is 1. The van der Waals surface area contributed by atoms with Crippen LogP contribution in [0.15, 0.2) is 48.5 Å². The Hall–Kier alpha value is -2.04. The van der Waals surface area contributed by atoms with Crippen molar-refractivity contribution in [3.05, 3.63) is 64.7 Å². The number of hydrogen-bond acceptors (Lipinski definition) is 3. The first kappa shape index (κ1) is 19.3. The van der Waals surface area contributed by atoms with E-state index in [0.717, 1.165) is 18.7 Å². The summed E-state index contributed by atoms with van der Waals surface area (Å²) >= 11 is 6.12. The van der Waals surface area contributed by atoms with Gasteiger partial charge in [-0.1, -0.05) is 48.9 Å². The lowest BCUT2D eigenvalue weighted by atomic mass is 10.2. The van der Waals surface area contributed by atoms with Crippen molar-refractivity contribution in [3.8, 4) is 0 Å². The number of anilines is 1. The molecule has 0 bridgehead atoms. The molecular weight excluding hydrogens is 334 g/mol. The number of halogens is 1. The summed E-state index contributed by atoms with van der Waals surface area (Å²) in [6, 6.07) is 16.0. The summed E-state index contributed by atoms with van der Waals surface area (Å²) < 4.78 is 0. The van der Waals surface area contributed by atoms with E-state index < -0.39 is 0 Å². The zero-order valence-electron chi connectivity index (χ0n) is 15.1. The summed E-state index contributed by atoms with van der Waals surface area (Å²) in [6.07, 6.45) is 0. The van der Waals surface area contributed by atoms with Crippen molar-refractivity contribution in [1.29, 1.82) is 0 Å². The molecule has 0 aliphatic rings. The third-order valence-electron chi connectivity index (χ3n) is 4.11. The molecule has 0 aliphatic heterocycles. The van der Waals surface area contributed by atoms with Crippen molar-refractivity contribution in [2.24, 2.45) is 0 Å². The number of benzene rings is 2. The molecule has 25 heavy (non-hydrogen) atoms. The van der Waals surface area contributed by atoms with Gasteiger partial charge in [-0.05, 0) is 35.9 Å². The van der Waals surface area contributed by atoms with Crippen LogP contribution < -0.4 is 10.2 Å². The molecular formula is C20H26ClN3O. The van der Waals surface area contributed by atoms with Crippen LogP contribution in [0.25, 0.3) is 0 Å². The summed E-state index contributed by atoms with van der Waals surface area (Å²) in [5.74, 6) is 0.00619. The van der Waals surface area contributed by atoms with Gasteiger partial charge in [-0.3, -0.25) is 9.69 Å². The van der Waals surface area contributed by atoms with Gasteiger partial charge in [0.15, 0.2) is 0 Å². The fraction of sp³-hybridized carbons (Fsp3) is 0.350. The zero-order chi connectivity index (χ0) is 18.2. The molecule has 0 aromatic heterocycles. The fourth-order valence-electron chi connectivity index (χ4n) is 2.53. The van der Waals surface area contributed by atoms with Gasteiger partial charge in [0, 0.05) is 37.9 Å². The minimum atomic E-state index is 0.00619. The summed E-state index contributed by atoms with van der Waals surface area (Å²) in [6.45, 7) is 4.46. The van der Waals surface area contributed by atoms with Crippen LogP contribution in [0.3, 0.4) is 0 Å². The molecule has 0 atom stereocenters. The smallest absolute Gasteiger partial charge is 0.234 e. The van der Waals surface area contributed by atoms with Crippen molar-refractivity contribution >= 4 is 23.2 Å². The number of carbonyl (C=O) groups excluding carboxylic acids is 1. The molecule has 134 valence electrons. The summed E-state index contributed by atoms with van der Waals surface area (Å²) in [4.78, 5) is 16.4. The van der Waals surface area contributed by atoms with Gasteiger partial charge in [-0.15, -0.1) is 0 Å². The van der Waals surface area contributed by atoms with E-state index in [9.17, 15) is 4.79 Å².